The molecule has 0 atom stereocenters. The number of anilines is 1. The summed E-state index contributed by atoms with van der Waals surface area (Å²) >= 11 is 0. The summed E-state index contributed by atoms with van der Waals surface area (Å²) in [6.07, 6.45) is 6.85. The highest BCUT2D eigenvalue weighted by Gasteiger charge is 2.11. The Morgan fingerprint density at radius 3 is 3.00 bits per heavy atom. The van der Waals surface area contributed by atoms with Gasteiger partial charge < -0.3 is 9.88 Å². The summed E-state index contributed by atoms with van der Waals surface area (Å²) in [7, 11) is 2.00. The number of aromatic nitrogens is 5. The van der Waals surface area contributed by atoms with E-state index in [-0.39, 0.29) is 0 Å². The predicted octanol–water partition coefficient (Wildman–Crippen LogP) is 1.69. The molecule has 3 heterocycles. The van der Waals surface area contributed by atoms with Gasteiger partial charge in [0, 0.05) is 26.0 Å². The van der Waals surface area contributed by atoms with Crippen molar-refractivity contribution < 1.29 is 0 Å². The van der Waals surface area contributed by atoms with Gasteiger partial charge in [0.05, 0.1) is 6.33 Å². The van der Waals surface area contributed by atoms with Crippen molar-refractivity contribution >= 4 is 17.0 Å². The van der Waals surface area contributed by atoms with E-state index in [9.17, 15) is 0 Å². The molecule has 0 amide bonds. The molecule has 6 heteroatoms. The summed E-state index contributed by atoms with van der Waals surface area (Å²) < 4.78 is 0. The third-order valence-electron chi connectivity index (χ3n) is 3.11. The summed E-state index contributed by atoms with van der Waals surface area (Å²) in [5, 5.41) is 0. The first-order valence-corrected chi connectivity index (χ1v) is 6.00. The Bertz CT molecular complexity index is 705. The SMILES string of the molecule is Cc1cnccc1CN(C)c1ncnc2nc[nH]c12. The molecule has 0 aliphatic heterocycles. The maximum absolute atomic E-state index is 4.33. The number of aromatic amines is 1. The van der Waals surface area contributed by atoms with Crippen molar-refractivity contribution in [2.24, 2.45) is 0 Å². The number of nitrogens with one attached hydrogen (secondary N) is 1. The van der Waals surface area contributed by atoms with E-state index < -0.39 is 0 Å². The Labute approximate surface area is 110 Å². The number of hydrogen-bond acceptors (Lipinski definition) is 5. The lowest BCUT2D eigenvalue weighted by molar-refractivity contribution is 0.887. The Morgan fingerprint density at radius 2 is 2.16 bits per heavy atom. The van der Waals surface area contributed by atoms with Crippen molar-refractivity contribution in [2.45, 2.75) is 13.5 Å². The normalized spacial score (nSPS) is 10.8. The average molecular weight is 254 g/mol. The van der Waals surface area contributed by atoms with Gasteiger partial charge in [0.25, 0.3) is 0 Å². The van der Waals surface area contributed by atoms with Gasteiger partial charge in [0.15, 0.2) is 11.5 Å². The van der Waals surface area contributed by atoms with Crippen LogP contribution in [0, 0.1) is 6.92 Å². The minimum absolute atomic E-state index is 0.684. The Hall–Kier alpha value is -2.50. The van der Waals surface area contributed by atoms with Crippen molar-refractivity contribution in [1.82, 2.24) is 24.9 Å². The molecule has 0 saturated heterocycles. The number of pyridine rings is 1. The van der Waals surface area contributed by atoms with E-state index in [1.54, 1.807) is 6.33 Å². The molecule has 0 saturated carbocycles. The lowest BCUT2D eigenvalue weighted by Crippen LogP contribution is -2.19. The van der Waals surface area contributed by atoms with Gasteiger partial charge in [-0.05, 0) is 24.1 Å². The summed E-state index contributed by atoms with van der Waals surface area (Å²) in [6, 6.07) is 2.02. The smallest absolute Gasteiger partial charge is 0.182 e. The highest BCUT2D eigenvalue weighted by Crippen LogP contribution is 2.20. The molecular weight excluding hydrogens is 240 g/mol. The first kappa shape index (κ1) is 11.6. The third-order valence-corrected chi connectivity index (χ3v) is 3.11. The molecule has 0 unspecified atom stereocenters. The molecule has 3 aromatic heterocycles. The van der Waals surface area contributed by atoms with Crippen LogP contribution in [0.25, 0.3) is 11.2 Å². The van der Waals surface area contributed by atoms with Crippen LogP contribution in [0.1, 0.15) is 11.1 Å². The number of nitrogens with zero attached hydrogens (tertiary/aromatic N) is 5. The van der Waals surface area contributed by atoms with E-state index in [0.29, 0.717) is 5.65 Å². The molecule has 0 aromatic carbocycles. The number of H-pyrrole nitrogens is 1. The van der Waals surface area contributed by atoms with Gasteiger partial charge in [-0.2, -0.15) is 0 Å². The molecule has 96 valence electrons. The zero-order chi connectivity index (χ0) is 13.2. The summed E-state index contributed by atoms with van der Waals surface area (Å²) in [5.74, 6) is 0.846. The van der Waals surface area contributed by atoms with E-state index in [4.69, 9.17) is 0 Å². The van der Waals surface area contributed by atoms with Crippen LogP contribution in [0.15, 0.2) is 31.1 Å². The van der Waals surface area contributed by atoms with Crippen LogP contribution in [0.3, 0.4) is 0 Å². The monoisotopic (exact) mass is 254 g/mol. The minimum atomic E-state index is 0.684. The van der Waals surface area contributed by atoms with Crippen LogP contribution < -0.4 is 4.90 Å². The quantitative estimate of drug-likeness (QED) is 0.770. The second-order valence-corrected chi connectivity index (χ2v) is 4.46. The molecule has 3 aromatic rings. The van der Waals surface area contributed by atoms with E-state index in [1.165, 1.54) is 17.5 Å². The standard InChI is InChI=1S/C13H14N6/c1-9-5-14-4-3-10(9)6-19(2)13-11-12(16-7-15-11)17-8-18-13/h3-5,7-8H,6H2,1-2H3,(H,15,16,17,18). The highest BCUT2D eigenvalue weighted by molar-refractivity contribution is 5.82. The average Bonchev–Trinajstić information content (AvgIpc) is 2.89. The second kappa shape index (κ2) is 4.64. The van der Waals surface area contributed by atoms with E-state index in [2.05, 4.69) is 36.7 Å². The number of hydrogen-bond donors (Lipinski definition) is 1. The van der Waals surface area contributed by atoms with E-state index >= 15 is 0 Å². The highest BCUT2D eigenvalue weighted by atomic mass is 15.2. The third kappa shape index (κ3) is 2.12. The van der Waals surface area contributed by atoms with Gasteiger partial charge >= 0.3 is 0 Å². The first-order valence-electron chi connectivity index (χ1n) is 6.00. The van der Waals surface area contributed by atoms with Gasteiger partial charge in [-0.3, -0.25) is 4.98 Å². The first-order chi connectivity index (χ1) is 9.25. The number of rotatable bonds is 3. The van der Waals surface area contributed by atoms with Crippen LogP contribution in [0.4, 0.5) is 5.82 Å². The Kier molecular flexibility index (Phi) is 2.83. The molecule has 0 aliphatic carbocycles. The summed E-state index contributed by atoms with van der Waals surface area (Å²) in [5.41, 5.74) is 3.94. The fourth-order valence-electron chi connectivity index (χ4n) is 2.05. The number of fused-ring (bicyclic) bond motifs is 1. The summed E-state index contributed by atoms with van der Waals surface area (Å²) in [4.78, 5) is 21.9. The van der Waals surface area contributed by atoms with Crippen LogP contribution in [-0.2, 0) is 6.54 Å². The van der Waals surface area contributed by atoms with Crippen molar-refractivity contribution in [1.29, 1.82) is 0 Å². The van der Waals surface area contributed by atoms with Crippen molar-refractivity contribution in [3.8, 4) is 0 Å². The van der Waals surface area contributed by atoms with E-state index in [0.717, 1.165) is 17.9 Å². The number of imidazole rings is 1. The molecule has 6 nitrogen and oxygen atoms in total. The molecular formula is C13H14N6. The van der Waals surface area contributed by atoms with Gasteiger partial charge in [-0.1, -0.05) is 0 Å². The minimum Gasteiger partial charge on any atom is -0.353 e. The maximum Gasteiger partial charge on any atom is 0.182 e. The molecule has 0 fully saturated rings. The van der Waals surface area contributed by atoms with Gasteiger partial charge in [0.2, 0.25) is 0 Å². The van der Waals surface area contributed by atoms with Crippen molar-refractivity contribution in [2.75, 3.05) is 11.9 Å². The molecule has 19 heavy (non-hydrogen) atoms. The van der Waals surface area contributed by atoms with Crippen LogP contribution in [0.2, 0.25) is 0 Å². The van der Waals surface area contributed by atoms with Crippen molar-refractivity contribution in [3.05, 3.63) is 42.2 Å². The molecule has 0 radical (unpaired) electrons. The lowest BCUT2D eigenvalue weighted by Gasteiger charge is -2.19. The molecule has 0 aliphatic rings. The van der Waals surface area contributed by atoms with Crippen molar-refractivity contribution in [3.63, 3.8) is 0 Å². The van der Waals surface area contributed by atoms with Gasteiger partial charge in [-0.15, -0.1) is 0 Å². The van der Waals surface area contributed by atoms with Gasteiger partial charge in [0.1, 0.15) is 11.8 Å². The maximum atomic E-state index is 4.33. The molecule has 0 bridgehead atoms. The fraction of sp³-hybridized carbons (Fsp3) is 0.231. The zero-order valence-electron chi connectivity index (χ0n) is 10.8. The molecule has 3 rings (SSSR count). The summed E-state index contributed by atoms with van der Waals surface area (Å²) in [6.45, 7) is 2.82. The Morgan fingerprint density at radius 1 is 1.26 bits per heavy atom. The van der Waals surface area contributed by atoms with Gasteiger partial charge in [-0.25, -0.2) is 15.0 Å². The fourth-order valence-corrected chi connectivity index (χ4v) is 2.05. The van der Waals surface area contributed by atoms with Crippen LogP contribution in [-0.4, -0.2) is 32.0 Å². The topological polar surface area (TPSA) is 70.6 Å². The number of aryl methyl sites for hydroxylation is 1. The van der Waals surface area contributed by atoms with Crippen LogP contribution in [0.5, 0.6) is 0 Å². The lowest BCUT2D eigenvalue weighted by atomic mass is 10.1. The van der Waals surface area contributed by atoms with Crippen LogP contribution >= 0.6 is 0 Å². The molecule has 0 spiro atoms. The molecule has 1 N–H and O–H groups in total. The van der Waals surface area contributed by atoms with E-state index in [1.807, 2.05) is 25.5 Å². The Balaban J connectivity index is 1.94. The second-order valence-electron chi connectivity index (χ2n) is 4.46. The largest absolute Gasteiger partial charge is 0.353 e. The predicted molar refractivity (Wildman–Crippen MR) is 72.8 cm³/mol. The zero-order valence-corrected chi connectivity index (χ0v) is 10.8.